The molecule has 0 fully saturated rings. The largest absolute Gasteiger partial charge is 0.457 e. The number of hydrogen-bond donors (Lipinski definition) is 1. The molecule has 2 aromatic rings. The minimum Gasteiger partial charge on any atom is -0.457 e. The zero-order valence-corrected chi connectivity index (χ0v) is 11.6. The molecule has 0 aliphatic rings. The van der Waals surface area contributed by atoms with Gasteiger partial charge in [-0.3, -0.25) is 0 Å². The molecule has 5 heteroatoms. The first kappa shape index (κ1) is 13.3. The van der Waals surface area contributed by atoms with Gasteiger partial charge < -0.3 is 10.5 Å². The maximum Gasteiger partial charge on any atom is 0.142 e. The van der Waals surface area contributed by atoms with Gasteiger partial charge in [0.05, 0.1) is 5.02 Å². The van der Waals surface area contributed by atoms with Crippen LogP contribution in [0, 0.1) is 5.82 Å². The molecule has 18 heavy (non-hydrogen) atoms. The van der Waals surface area contributed by atoms with E-state index in [1.165, 1.54) is 18.2 Å². The molecule has 94 valence electrons. The highest BCUT2D eigenvalue weighted by molar-refractivity contribution is 9.10. The normalized spacial score (nSPS) is 10.4. The Kier molecular flexibility index (Phi) is 4.22. The average Bonchev–Trinajstić information content (AvgIpc) is 2.36. The third-order valence-corrected chi connectivity index (χ3v) is 3.14. The van der Waals surface area contributed by atoms with Gasteiger partial charge in [-0.2, -0.15) is 0 Å². The van der Waals surface area contributed by atoms with E-state index in [1.807, 2.05) is 12.1 Å². The van der Waals surface area contributed by atoms with E-state index < -0.39 is 5.82 Å². The highest BCUT2D eigenvalue weighted by Gasteiger charge is 2.06. The maximum absolute atomic E-state index is 13.0. The molecule has 2 N–H and O–H groups in total. The second-order valence-corrected chi connectivity index (χ2v) is 4.96. The highest BCUT2D eigenvalue weighted by Crippen LogP contribution is 2.30. The summed E-state index contributed by atoms with van der Waals surface area (Å²) in [5, 5.41) is 0.0268. The van der Waals surface area contributed by atoms with Crippen molar-refractivity contribution in [1.82, 2.24) is 0 Å². The first-order chi connectivity index (χ1) is 8.60. The van der Waals surface area contributed by atoms with E-state index >= 15 is 0 Å². The van der Waals surface area contributed by atoms with Crippen LogP contribution < -0.4 is 10.5 Å². The van der Waals surface area contributed by atoms with Crippen molar-refractivity contribution in [3.8, 4) is 11.5 Å². The number of hydrogen-bond acceptors (Lipinski definition) is 2. The molecule has 2 rings (SSSR count). The SMILES string of the molecule is NCc1cc(Br)ccc1Oc1ccc(F)c(Cl)c1. The van der Waals surface area contributed by atoms with Crippen molar-refractivity contribution in [2.24, 2.45) is 5.73 Å². The Balaban J connectivity index is 2.30. The second-order valence-electron chi connectivity index (χ2n) is 3.63. The molecule has 0 saturated heterocycles. The van der Waals surface area contributed by atoms with E-state index in [1.54, 1.807) is 6.07 Å². The number of ether oxygens (including phenoxy) is 1. The number of nitrogens with two attached hydrogens (primary N) is 1. The summed E-state index contributed by atoms with van der Waals surface area (Å²) < 4.78 is 19.6. The molecule has 0 radical (unpaired) electrons. The lowest BCUT2D eigenvalue weighted by atomic mass is 10.2. The molecule has 0 unspecified atom stereocenters. The summed E-state index contributed by atoms with van der Waals surface area (Å²) >= 11 is 9.05. The van der Waals surface area contributed by atoms with Crippen LogP contribution in [-0.2, 0) is 6.54 Å². The van der Waals surface area contributed by atoms with Gasteiger partial charge in [0.1, 0.15) is 17.3 Å². The first-order valence-electron chi connectivity index (χ1n) is 5.21. The molecule has 0 aromatic heterocycles. The molecule has 0 aliphatic carbocycles. The fraction of sp³-hybridized carbons (Fsp3) is 0.0769. The third kappa shape index (κ3) is 3.02. The Morgan fingerprint density at radius 3 is 2.67 bits per heavy atom. The lowest BCUT2D eigenvalue weighted by molar-refractivity contribution is 0.474. The van der Waals surface area contributed by atoms with Crippen LogP contribution in [-0.4, -0.2) is 0 Å². The van der Waals surface area contributed by atoms with Crippen molar-refractivity contribution in [3.63, 3.8) is 0 Å². The lowest BCUT2D eigenvalue weighted by Crippen LogP contribution is -1.99. The Bertz CT molecular complexity index is 577. The molecule has 2 aromatic carbocycles. The molecule has 2 nitrogen and oxygen atoms in total. The van der Waals surface area contributed by atoms with Gasteiger partial charge in [-0.15, -0.1) is 0 Å². The summed E-state index contributed by atoms with van der Waals surface area (Å²) in [6.45, 7) is 0.351. The number of halogens is 3. The van der Waals surface area contributed by atoms with E-state index in [0.717, 1.165) is 10.0 Å². The van der Waals surface area contributed by atoms with Gasteiger partial charge in [-0.1, -0.05) is 27.5 Å². The van der Waals surface area contributed by atoms with Gasteiger partial charge in [-0.05, 0) is 30.3 Å². The van der Waals surface area contributed by atoms with Crippen LogP contribution in [0.15, 0.2) is 40.9 Å². The van der Waals surface area contributed by atoms with E-state index in [4.69, 9.17) is 22.1 Å². The highest BCUT2D eigenvalue weighted by atomic mass is 79.9. The zero-order chi connectivity index (χ0) is 13.1. The van der Waals surface area contributed by atoms with Gasteiger partial charge >= 0.3 is 0 Å². The lowest BCUT2D eigenvalue weighted by Gasteiger charge is -2.10. The van der Waals surface area contributed by atoms with Crippen LogP contribution in [0.3, 0.4) is 0 Å². The van der Waals surface area contributed by atoms with Gasteiger partial charge in [-0.25, -0.2) is 4.39 Å². The van der Waals surface area contributed by atoms with Crippen LogP contribution in [0.25, 0.3) is 0 Å². The predicted octanol–water partition coefficient (Wildman–Crippen LogP) is 4.49. The predicted molar refractivity (Wildman–Crippen MR) is 73.5 cm³/mol. The van der Waals surface area contributed by atoms with Crippen LogP contribution in [0.1, 0.15) is 5.56 Å². The van der Waals surface area contributed by atoms with Crippen molar-refractivity contribution in [2.75, 3.05) is 0 Å². The van der Waals surface area contributed by atoms with E-state index in [2.05, 4.69) is 15.9 Å². The monoisotopic (exact) mass is 329 g/mol. The van der Waals surface area contributed by atoms with Crippen molar-refractivity contribution in [3.05, 3.63) is 57.3 Å². The van der Waals surface area contributed by atoms with E-state index in [0.29, 0.717) is 18.0 Å². The minimum atomic E-state index is -0.473. The van der Waals surface area contributed by atoms with Gasteiger partial charge in [0.15, 0.2) is 0 Å². The molecule has 0 saturated carbocycles. The van der Waals surface area contributed by atoms with Crippen molar-refractivity contribution in [1.29, 1.82) is 0 Å². The van der Waals surface area contributed by atoms with Gasteiger partial charge in [0, 0.05) is 22.6 Å². The van der Waals surface area contributed by atoms with Crippen LogP contribution in [0.2, 0.25) is 5.02 Å². The summed E-state index contributed by atoms with van der Waals surface area (Å²) in [6, 6.07) is 9.73. The summed E-state index contributed by atoms with van der Waals surface area (Å²) in [5.74, 6) is 0.626. The van der Waals surface area contributed by atoms with Crippen molar-refractivity contribution >= 4 is 27.5 Å². The number of benzene rings is 2. The molecule has 0 atom stereocenters. The summed E-state index contributed by atoms with van der Waals surface area (Å²) in [4.78, 5) is 0. The average molecular weight is 331 g/mol. The zero-order valence-electron chi connectivity index (χ0n) is 9.29. The van der Waals surface area contributed by atoms with Crippen LogP contribution >= 0.6 is 27.5 Å². The molecular weight excluding hydrogens is 321 g/mol. The summed E-state index contributed by atoms with van der Waals surface area (Å²) in [7, 11) is 0. The molecule has 0 bridgehead atoms. The topological polar surface area (TPSA) is 35.2 Å². The summed E-state index contributed by atoms with van der Waals surface area (Å²) in [5.41, 5.74) is 6.49. The van der Waals surface area contributed by atoms with Gasteiger partial charge in [0.2, 0.25) is 0 Å². The maximum atomic E-state index is 13.0. The smallest absolute Gasteiger partial charge is 0.142 e. The first-order valence-corrected chi connectivity index (χ1v) is 6.38. The molecule has 0 spiro atoms. The fourth-order valence-corrected chi connectivity index (χ4v) is 2.05. The fourth-order valence-electron chi connectivity index (χ4n) is 1.47. The Hall–Kier alpha value is -1.10. The molecule has 0 aliphatic heterocycles. The molecule has 0 amide bonds. The number of rotatable bonds is 3. The molecular formula is C13H10BrClFNO. The quantitative estimate of drug-likeness (QED) is 0.899. The van der Waals surface area contributed by atoms with Gasteiger partial charge in [0.25, 0.3) is 0 Å². The van der Waals surface area contributed by atoms with E-state index in [-0.39, 0.29) is 5.02 Å². The summed E-state index contributed by atoms with van der Waals surface area (Å²) in [6.07, 6.45) is 0. The Morgan fingerprint density at radius 2 is 2.00 bits per heavy atom. The third-order valence-electron chi connectivity index (χ3n) is 2.36. The van der Waals surface area contributed by atoms with E-state index in [9.17, 15) is 4.39 Å². The molecule has 0 heterocycles. The standard InChI is InChI=1S/C13H10BrClFNO/c14-9-1-4-13(8(5-9)7-17)18-10-2-3-12(16)11(15)6-10/h1-6H,7,17H2. The van der Waals surface area contributed by atoms with Crippen molar-refractivity contribution in [2.45, 2.75) is 6.54 Å². The van der Waals surface area contributed by atoms with Crippen LogP contribution in [0.4, 0.5) is 4.39 Å². The Morgan fingerprint density at radius 1 is 1.22 bits per heavy atom. The van der Waals surface area contributed by atoms with Crippen molar-refractivity contribution < 1.29 is 9.13 Å². The van der Waals surface area contributed by atoms with Crippen LogP contribution in [0.5, 0.6) is 11.5 Å². The minimum absolute atomic E-state index is 0.0268. The Labute approximate surface area is 118 Å². The second kappa shape index (κ2) is 5.69.